The van der Waals surface area contributed by atoms with Gasteiger partial charge in [-0.3, -0.25) is 9.59 Å². The number of amides is 2. The van der Waals surface area contributed by atoms with Crippen LogP contribution in [0.5, 0.6) is 11.6 Å². The first-order valence-corrected chi connectivity index (χ1v) is 11.5. The van der Waals surface area contributed by atoms with Gasteiger partial charge in [-0.25, -0.2) is 14.4 Å². The van der Waals surface area contributed by atoms with Gasteiger partial charge in [-0.15, -0.1) is 0 Å². The number of ether oxygens (including phenoxy) is 1. The Kier molecular flexibility index (Phi) is 7.31. The molecule has 0 aliphatic heterocycles. The van der Waals surface area contributed by atoms with Crippen molar-refractivity contribution < 1.29 is 18.7 Å². The highest BCUT2D eigenvalue weighted by Gasteiger charge is 2.15. The standard InChI is InChI=1S/C25H21FN6O3S/c1-29-10-8-18(27)15-5-7-21-19(13-15)31-25(36-21)32-22(33)12-14-4-6-20(17(26)11-14)35-24-16(23(28)34)3-2-9-30-24/h2-11,13,27,29H,12H2,1H3,(H2,28,34)(H,31,32,33)/b10-8-,27-18?. The van der Waals surface area contributed by atoms with Crippen LogP contribution in [0.25, 0.3) is 10.2 Å². The third-order valence-electron chi connectivity index (χ3n) is 4.97. The average molecular weight is 505 g/mol. The molecule has 2 amide bonds. The van der Waals surface area contributed by atoms with Gasteiger partial charge < -0.3 is 26.5 Å². The van der Waals surface area contributed by atoms with Gasteiger partial charge in [-0.05, 0) is 54.2 Å². The summed E-state index contributed by atoms with van der Waals surface area (Å²) < 4.78 is 20.9. The van der Waals surface area contributed by atoms with Crippen molar-refractivity contribution in [3.05, 3.63) is 89.5 Å². The Balaban J connectivity index is 1.43. The number of nitrogens with one attached hydrogen (secondary N) is 3. The lowest BCUT2D eigenvalue weighted by Crippen LogP contribution is -2.14. The van der Waals surface area contributed by atoms with E-state index in [1.165, 1.54) is 41.8 Å². The summed E-state index contributed by atoms with van der Waals surface area (Å²) in [6.45, 7) is 0. The van der Waals surface area contributed by atoms with E-state index in [2.05, 4.69) is 20.6 Å². The molecule has 0 unspecified atom stereocenters. The van der Waals surface area contributed by atoms with Gasteiger partial charge in [-0.2, -0.15) is 0 Å². The number of hydrogen-bond donors (Lipinski definition) is 4. The molecule has 0 aliphatic rings. The lowest BCUT2D eigenvalue weighted by Gasteiger charge is -2.09. The summed E-state index contributed by atoms with van der Waals surface area (Å²) in [5.41, 5.74) is 7.42. The van der Waals surface area contributed by atoms with E-state index in [1.54, 1.807) is 31.5 Å². The number of nitrogens with zero attached hydrogens (tertiary/aromatic N) is 2. The zero-order valence-electron chi connectivity index (χ0n) is 19.0. The number of rotatable bonds is 9. The van der Waals surface area contributed by atoms with E-state index in [0.29, 0.717) is 27.5 Å². The van der Waals surface area contributed by atoms with Crippen molar-refractivity contribution in [2.75, 3.05) is 12.4 Å². The zero-order chi connectivity index (χ0) is 25.7. The van der Waals surface area contributed by atoms with E-state index in [4.69, 9.17) is 15.9 Å². The van der Waals surface area contributed by atoms with Gasteiger partial charge in [0.05, 0.1) is 22.3 Å². The quantitative estimate of drug-likeness (QED) is 0.254. The van der Waals surface area contributed by atoms with Crippen molar-refractivity contribution in [3.8, 4) is 11.6 Å². The number of halogens is 1. The van der Waals surface area contributed by atoms with Crippen molar-refractivity contribution in [1.29, 1.82) is 5.41 Å². The minimum absolute atomic E-state index is 0.0228. The first kappa shape index (κ1) is 24.5. The number of anilines is 1. The molecule has 0 spiro atoms. The van der Waals surface area contributed by atoms with Crippen LogP contribution in [0.1, 0.15) is 21.5 Å². The Hall–Kier alpha value is -4.64. The van der Waals surface area contributed by atoms with Crippen LogP contribution in [-0.2, 0) is 11.2 Å². The fourth-order valence-corrected chi connectivity index (χ4v) is 4.12. The number of hydrogen-bond acceptors (Lipinski definition) is 8. The van der Waals surface area contributed by atoms with Crippen LogP contribution >= 0.6 is 11.3 Å². The third kappa shape index (κ3) is 5.70. The summed E-state index contributed by atoms with van der Waals surface area (Å²) in [7, 11) is 1.75. The molecule has 0 saturated heterocycles. The highest BCUT2D eigenvalue weighted by molar-refractivity contribution is 7.22. The number of nitrogens with two attached hydrogens (primary N) is 1. The summed E-state index contributed by atoms with van der Waals surface area (Å²) in [5, 5.41) is 14.1. The van der Waals surface area contributed by atoms with Crippen LogP contribution in [0.2, 0.25) is 0 Å². The van der Waals surface area contributed by atoms with Crippen molar-refractivity contribution in [1.82, 2.24) is 15.3 Å². The molecule has 0 aliphatic carbocycles. The van der Waals surface area contributed by atoms with Gasteiger partial charge in [0.25, 0.3) is 5.91 Å². The molecule has 11 heteroatoms. The van der Waals surface area contributed by atoms with Crippen LogP contribution in [0.15, 0.2) is 67.0 Å². The zero-order valence-corrected chi connectivity index (χ0v) is 19.9. The van der Waals surface area contributed by atoms with Gasteiger partial charge in [-0.1, -0.05) is 23.5 Å². The number of aromatic nitrogens is 2. The van der Waals surface area contributed by atoms with Crippen molar-refractivity contribution in [2.24, 2.45) is 5.73 Å². The number of carbonyl (C=O) groups is 2. The maximum Gasteiger partial charge on any atom is 0.254 e. The van der Waals surface area contributed by atoms with Crippen LogP contribution in [-0.4, -0.2) is 34.5 Å². The molecule has 5 N–H and O–H groups in total. The molecule has 0 radical (unpaired) electrons. The average Bonchev–Trinajstić information content (AvgIpc) is 3.25. The lowest BCUT2D eigenvalue weighted by molar-refractivity contribution is -0.115. The topological polar surface area (TPSA) is 143 Å². The molecule has 0 saturated carbocycles. The summed E-state index contributed by atoms with van der Waals surface area (Å²) in [6.07, 6.45) is 4.61. The van der Waals surface area contributed by atoms with Gasteiger partial charge in [0.1, 0.15) is 5.56 Å². The summed E-state index contributed by atoms with van der Waals surface area (Å²) >= 11 is 1.30. The Morgan fingerprint density at radius 2 is 2.06 bits per heavy atom. The van der Waals surface area contributed by atoms with E-state index in [-0.39, 0.29) is 29.5 Å². The monoisotopic (exact) mass is 504 g/mol. The Labute approximate surface area is 209 Å². The predicted molar refractivity (Wildman–Crippen MR) is 136 cm³/mol. The van der Waals surface area contributed by atoms with Gasteiger partial charge in [0, 0.05) is 18.8 Å². The first-order chi connectivity index (χ1) is 17.3. The number of allylic oxidation sites excluding steroid dienone is 1. The van der Waals surface area contributed by atoms with E-state index in [9.17, 15) is 14.0 Å². The summed E-state index contributed by atoms with van der Waals surface area (Å²) in [5.74, 6) is -2.10. The van der Waals surface area contributed by atoms with Gasteiger partial charge in [0.2, 0.25) is 11.8 Å². The molecule has 4 rings (SSSR count). The normalized spacial score (nSPS) is 10.9. The molecule has 2 heterocycles. The van der Waals surface area contributed by atoms with Gasteiger partial charge >= 0.3 is 0 Å². The minimum Gasteiger partial charge on any atom is -0.435 e. The predicted octanol–water partition coefficient (Wildman–Crippen LogP) is 4.00. The van der Waals surface area contributed by atoms with Gasteiger partial charge in [0.15, 0.2) is 16.7 Å². The molecule has 0 atom stereocenters. The second-order valence-electron chi connectivity index (χ2n) is 7.55. The van der Waals surface area contributed by atoms with Crippen LogP contribution in [0.3, 0.4) is 0 Å². The SMILES string of the molecule is CN/C=C\C(=N)c1ccc2sc(NC(=O)Cc3ccc(Oc4ncccc4C(N)=O)c(F)c3)nc2c1. The Morgan fingerprint density at radius 3 is 2.81 bits per heavy atom. The first-order valence-electron chi connectivity index (χ1n) is 10.7. The number of primary amides is 1. The van der Waals surface area contributed by atoms with E-state index >= 15 is 0 Å². The largest absolute Gasteiger partial charge is 0.435 e. The van der Waals surface area contributed by atoms with E-state index < -0.39 is 11.7 Å². The maximum atomic E-state index is 14.6. The van der Waals surface area contributed by atoms with Crippen LogP contribution in [0, 0.1) is 11.2 Å². The molecular weight excluding hydrogens is 483 g/mol. The molecular formula is C25H21FN6O3S. The van der Waals surface area contributed by atoms with Crippen molar-refractivity contribution >= 4 is 44.2 Å². The van der Waals surface area contributed by atoms with Crippen molar-refractivity contribution in [2.45, 2.75) is 6.42 Å². The second-order valence-corrected chi connectivity index (χ2v) is 8.58. The molecule has 9 nitrogen and oxygen atoms in total. The summed E-state index contributed by atoms with van der Waals surface area (Å²) in [6, 6.07) is 12.5. The number of pyridine rings is 1. The molecule has 2 aromatic heterocycles. The minimum atomic E-state index is -0.748. The number of fused-ring (bicyclic) bond motifs is 1. The van der Waals surface area contributed by atoms with Crippen LogP contribution < -0.4 is 21.1 Å². The smallest absolute Gasteiger partial charge is 0.254 e. The number of carbonyl (C=O) groups excluding carboxylic acids is 2. The van der Waals surface area contributed by atoms with Crippen LogP contribution in [0.4, 0.5) is 9.52 Å². The molecule has 36 heavy (non-hydrogen) atoms. The molecule has 0 fully saturated rings. The highest BCUT2D eigenvalue weighted by Crippen LogP contribution is 2.28. The highest BCUT2D eigenvalue weighted by atomic mass is 32.1. The van der Waals surface area contributed by atoms with E-state index in [0.717, 1.165) is 4.70 Å². The lowest BCUT2D eigenvalue weighted by atomic mass is 10.1. The molecule has 0 bridgehead atoms. The second kappa shape index (κ2) is 10.7. The van der Waals surface area contributed by atoms with E-state index in [1.807, 2.05) is 12.1 Å². The maximum absolute atomic E-state index is 14.6. The summed E-state index contributed by atoms with van der Waals surface area (Å²) in [4.78, 5) is 32.4. The fourth-order valence-electron chi connectivity index (χ4n) is 3.26. The number of benzene rings is 2. The fraction of sp³-hybridized carbons (Fsp3) is 0.0800. The number of thiazole rings is 1. The molecule has 4 aromatic rings. The molecule has 182 valence electrons. The Morgan fingerprint density at radius 1 is 1.22 bits per heavy atom. The molecule has 2 aromatic carbocycles. The van der Waals surface area contributed by atoms with Crippen molar-refractivity contribution in [3.63, 3.8) is 0 Å². The third-order valence-corrected chi connectivity index (χ3v) is 5.92. The Bertz CT molecular complexity index is 1500.